The number of halogens is 2. The molecule has 0 aliphatic carbocycles. The highest BCUT2D eigenvalue weighted by Crippen LogP contribution is 2.24. The Morgan fingerprint density at radius 2 is 2.11 bits per heavy atom. The summed E-state index contributed by atoms with van der Waals surface area (Å²) in [6.45, 7) is 0.530. The van der Waals surface area contributed by atoms with Crippen LogP contribution in [0.25, 0.3) is 0 Å². The van der Waals surface area contributed by atoms with Crippen molar-refractivity contribution in [2.24, 2.45) is 0 Å². The van der Waals surface area contributed by atoms with Crippen LogP contribution in [0, 0.1) is 11.6 Å². The first-order chi connectivity index (χ1) is 9.08. The van der Waals surface area contributed by atoms with Crippen molar-refractivity contribution in [2.75, 3.05) is 18.0 Å². The fraction of sp³-hybridized carbons (Fsp3) is 0.462. The normalized spacial score (nSPS) is 19.2. The largest absolute Gasteiger partial charge is 0.398 e. The van der Waals surface area contributed by atoms with Crippen molar-refractivity contribution >= 4 is 23.4 Å². The van der Waals surface area contributed by atoms with Gasteiger partial charge in [-0.05, 0) is 24.7 Å². The first-order valence-electron chi connectivity index (χ1n) is 6.22. The van der Waals surface area contributed by atoms with E-state index in [1.807, 2.05) is 11.8 Å². The van der Waals surface area contributed by atoms with Crippen LogP contribution in [0.3, 0.4) is 0 Å². The van der Waals surface area contributed by atoms with E-state index in [4.69, 9.17) is 5.73 Å². The molecule has 3 nitrogen and oxygen atoms in total. The van der Waals surface area contributed by atoms with Gasteiger partial charge in [0.2, 0.25) is 0 Å². The summed E-state index contributed by atoms with van der Waals surface area (Å²) in [5.41, 5.74) is 5.46. The average molecular weight is 286 g/mol. The maximum atomic E-state index is 13.1. The second-order valence-corrected chi connectivity index (χ2v) is 5.96. The van der Waals surface area contributed by atoms with E-state index in [9.17, 15) is 13.6 Å². The lowest BCUT2D eigenvalue weighted by Gasteiger charge is -2.21. The molecule has 1 amide bonds. The van der Waals surface area contributed by atoms with E-state index < -0.39 is 17.5 Å². The Balaban J connectivity index is 1.97. The van der Waals surface area contributed by atoms with Crippen LogP contribution < -0.4 is 11.1 Å². The maximum Gasteiger partial charge on any atom is 0.253 e. The van der Waals surface area contributed by atoms with Gasteiger partial charge in [0.05, 0.1) is 5.56 Å². The number of amides is 1. The van der Waals surface area contributed by atoms with Crippen LogP contribution in [0.1, 0.15) is 29.6 Å². The summed E-state index contributed by atoms with van der Waals surface area (Å²) in [6, 6.07) is 1.67. The third kappa shape index (κ3) is 3.59. The highest BCUT2D eigenvalue weighted by Gasteiger charge is 2.17. The van der Waals surface area contributed by atoms with Crippen molar-refractivity contribution in [3.63, 3.8) is 0 Å². The second kappa shape index (κ2) is 6.23. The number of carbonyl (C=O) groups excluding carboxylic acids is 1. The van der Waals surface area contributed by atoms with Crippen LogP contribution in [0.4, 0.5) is 14.5 Å². The predicted octanol–water partition coefficient (Wildman–Crippen LogP) is 2.56. The van der Waals surface area contributed by atoms with Gasteiger partial charge >= 0.3 is 0 Å². The zero-order chi connectivity index (χ0) is 13.8. The van der Waals surface area contributed by atoms with E-state index in [1.165, 1.54) is 12.8 Å². The van der Waals surface area contributed by atoms with E-state index in [2.05, 4.69) is 5.32 Å². The summed E-state index contributed by atoms with van der Waals surface area (Å²) in [6.07, 6.45) is 3.45. The first kappa shape index (κ1) is 14.1. The lowest BCUT2D eigenvalue weighted by Crippen LogP contribution is -2.32. The SMILES string of the molecule is Nc1cc(F)c(F)cc1C(=O)NCC1CCCCS1. The number of hydrogen-bond donors (Lipinski definition) is 2. The third-order valence-electron chi connectivity index (χ3n) is 3.10. The van der Waals surface area contributed by atoms with Gasteiger partial charge in [0.15, 0.2) is 11.6 Å². The number of hydrogen-bond acceptors (Lipinski definition) is 3. The molecule has 6 heteroatoms. The van der Waals surface area contributed by atoms with E-state index in [0.717, 1.165) is 24.3 Å². The highest BCUT2D eigenvalue weighted by atomic mass is 32.2. The number of nitrogen functional groups attached to an aromatic ring is 1. The summed E-state index contributed by atoms with van der Waals surface area (Å²) >= 11 is 1.83. The molecule has 1 aliphatic heterocycles. The fourth-order valence-corrected chi connectivity index (χ4v) is 3.27. The average Bonchev–Trinajstić information content (AvgIpc) is 2.41. The fourth-order valence-electron chi connectivity index (χ4n) is 2.03. The Hall–Kier alpha value is -1.30. The molecular weight excluding hydrogens is 270 g/mol. The first-order valence-corrected chi connectivity index (χ1v) is 7.27. The van der Waals surface area contributed by atoms with Gasteiger partial charge in [0.1, 0.15) is 0 Å². The van der Waals surface area contributed by atoms with Crippen LogP contribution in [-0.2, 0) is 0 Å². The second-order valence-electron chi connectivity index (χ2n) is 4.55. The Labute approximate surface area is 114 Å². The monoisotopic (exact) mass is 286 g/mol. The molecule has 1 fully saturated rings. The molecule has 1 atom stereocenters. The minimum atomic E-state index is -1.06. The molecule has 1 unspecified atom stereocenters. The molecule has 104 valence electrons. The number of benzene rings is 1. The summed E-state index contributed by atoms with van der Waals surface area (Å²) in [4.78, 5) is 11.9. The summed E-state index contributed by atoms with van der Waals surface area (Å²) < 4.78 is 26.0. The molecule has 0 aromatic heterocycles. The number of thioether (sulfide) groups is 1. The van der Waals surface area contributed by atoms with Crippen LogP contribution in [0.5, 0.6) is 0 Å². The van der Waals surface area contributed by atoms with Gasteiger partial charge in [-0.25, -0.2) is 8.78 Å². The maximum absolute atomic E-state index is 13.1. The van der Waals surface area contributed by atoms with Crippen molar-refractivity contribution < 1.29 is 13.6 Å². The zero-order valence-electron chi connectivity index (χ0n) is 10.4. The summed E-state index contributed by atoms with van der Waals surface area (Å²) in [7, 11) is 0. The van der Waals surface area contributed by atoms with Gasteiger partial charge in [-0.2, -0.15) is 11.8 Å². The van der Waals surface area contributed by atoms with Crippen molar-refractivity contribution in [1.29, 1.82) is 0 Å². The Morgan fingerprint density at radius 1 is 1.37 bits per heavy atom. The number of nitrogens with one attached hydrogen (secondary N) is 1. The number of anilines is 1. The lowest BCUT2D eigenvalue weighted by molar-refractivity contribution is 0.0953. The van der Waals surface area contributed by atoms with E-state index in [1.54, 1.807) is 0 Å². The molecule has 2 rings (SSSR count). The minimum Gasteiger partial charge on any atom is -0.398 e. The minimum absolute atomic E-state index is 0.0142. The molecule has 0 bridgehead atoms. The van der Waals surface area contributed by atoms with Crippen molar-refractivity contribution in [1.82, 2.24) is 5.32 Å². The molecule has 0 radical (unpaired) electrons. The van der Waals surface area contributed by atoms with Gasteiger partial charge in [0, 0.05) is 23.5 Å². The van der Waals surface area contributed by atoms with Crippen molar-refractivity contribution in [3.8, 4) is 0 Å². The van der Waals surface area contributed by atoms with Crippen molar-refractivity contribution in [3.05, 3.63) is 29.3 Å². The smallest absolute Gasteiger partial charge is 0.253 e. The molecule has 3 N–H and O–H groups in total. The number of nitrogens with two attached hydrogens (primary N) is 1. The van der Waals surface area contributed by atoms with Crippen LogP contribution >= 0.6 is 11.8 Å². The number of rotatable bonds is 3. The summed E-state index contributed by atoms with van der Waals surface area (Å²) in [5.74, 6) is -1.46. The standard InChI is InChI=1S/C13H16F2N2OS/c14-10-5-9(12(16)6-11(10)15)13(18)17-7-8-3-1-2-4-19-8/h5-6,8H,1-4,7,16H2,(H,17,18). The summed E-state index contributed by atoms with van der Waals surface area (Å²) in [5, 5.41) is 3.12. The molecule has 19 heavy (non-hydrogen) atoms. The lowest BCUT2D eigenvalue weighted by atomic mass is 10.1. The van der Waals surface area contributed by atoms with E-state index >= 15 is 0 Å². The molecule has 1 aromatic rings. The van der Waals surface area contributed by atoms with Crippen LogP contribution in [0.15, 0.2) is 12.1 Å². The topological polar surface area (TPSA) is 55.1 Å². The highest BCUT2D eigenvalue weighted by molar-refractivity contribution is 7.99. The molecular formula is C13H16F2N2OS. The zero-order valence-corrected chi connectivity index (χ0v) is 11.2. The molecule has 1 aromatic carbocycles. The van der Waals surface area contributed by atoms with Gasteiger partial charge in [-0.15, -0.1) is 0 Å². The van der Waals surface area contributed by atoms with Crippen molar-refractivity contribution in [2.45, 2.75) is 24.5 Å². The molecule has 0 spiro atoms. The van der Waals surface area contributed by atoms with Gasteiger partial charge in [0.25, 0.3) is 5.91 Å². The Kier molecular flexibility index (Phi) is 4.63. The molecule has 1 saturated heterocycles. The molecule has 0 saturated carbocycles. The molecule has 1 heterocycles. The Bertz CT molecular complexity index is 476. The third-order valence-corrected chi connectivity index (χ3v) is 4.50. The van der Waals surface area contributed by atoms with E-state index in [0.29, 0.717) is 11.8 Å². The van der Waals surface area contributed by atoms with Crippen LogP contribution in [-0.4, -0.2) is 23.5 Å². The quantitative estimate of drug-likeness (QED) is 0.840. The van der Waals surface area contributed by atoms with Gasteiger partial charge < -0.3 is 11.1 Å². The number of carbonyl (C=O) groups is 1. The van der Waals surface area contributed by atoms with Crippen LogP contribution in [0.2, 0.25) is 0 Å². The predicted molar refractivity (Wildman–Crippen MR) is 73.2 cm³/mol. The van der Waals surface area contributed by atoms with Gasteiger partial charge in [-0.1, -0.05) is 6.42 Å². The van der Waals surface area contributed by atoms with Gasteiger partial charge in [-0.3, -0.25) is 4.79 Å². The molecule has 1 aliphatic rings. The van der Waals surface area contributed by atoms with E-state index in [-0.39, 0.29) is 11.3 Å². The Morgan fingerprint density at radius 3 is 2.79 bits per heavy atom.